The monoisotopic (exact) mass is 457 g/mol. The summed E-state index contributed by atoms with van der Waals surface area (Å²) in [4.78, 5) is 43.1. The van der Waals surface area contributed by atoms with E-state index in [1.54, 1.807) is 54.6 Å². The topological polar surface area (TPSA) is 88.1 Å². The van der Waals surface area contributed by atoms with Gasteiger partial charge in [0.1, 0.15) is 5.25 Å². The van der Waals surface area contributed by atoms with E-state index in [1.807, 2.05) is 0 Å². The molecule has 1 fully saturated rings. The zero-order chi connectivity index (χ0) is 22.4. The summed E-state index contributed by atoms with van der Waals surface area (Å²) in [5.74, 6) is -1.00. The maximum Gasteiger partial charge on any atom is 0.337 e. The molecule has 31 heavy (non-hydrogen) atoms. The summed E-state index contributed by atoms with van der Waals surface area (Å²) < 4.78 is 4.66. The van der Waals surface area contributed by atoms with Crippen LogP contribution in [-0.2, 0) is 14.3 Å². The third-order valence-corrected chi connectivity index (χ3v) is 5.81. The second-order valence-electron chi connectivity index (χ2n) is 6.53. The van der Waals surface area contributed by atoms with Gasteiger partial charge in [-0.1, -0.05) is 29.4 Å². The number of hydrogen-bond acceptors (Lipinski definition) is 6. The van der Waals surface area contributed by atoms with Gasteiger partial charge in [-0.15, -0.1) is 6.58 Å². The van der Waals surface area contributed by atoms with Crippen LogP contribution in [0.3, 0.4) is 0 Å². The number of nitrogens with zero attached hydrogens (tertiary/aromatic N) is 2. The number of hydrogen-bond donors (Lipinski definition) is 1. The van der Waals surface area contributed by atoms with Crippen LogP contribution in [0.25, 0.3) is 0 Å². The zero-order valence-electron chi connectivity index (χ0n) is 16.7. The number of rotatable bonds is 6. The molecule has 1 aliphatic rings. The maximum absolute atomic E-state index is 12.8. The Hall–Kier alpha value is -3.10. The Morgan fingerprint density at radius 3 is 2.55 bits per heavy atom. The molecule has 2 aromatic carbocycles. The first kappa shape index (κ1) is 22.6. The van der Waals surface area contributed by atoms with E-state index in [2.05, 4.69) is 21.6 Å². The second kappa shape index (κ2) is 10.3. The lowest BCUT2D eigenvalue weighted by Crippen LogP contribution is -2.45. The number of amidine groups is 1. The highest BCUT2D eigenvalue weighted by molar-refractivity contribution is 8.15. The fourth-order valence-electron chi connectivity index (χ4n) is 2.81. The number of amides is 2. The Labute approximate surface area is 189 Å². The highest BCUT2D eigenvalue weighted by Crippen LogP contribution is 2.30. The summed E-state index contributed by atoms with van der Waals surface area (Å²) in [5, 5.41) is 3.12. The van der Waals surface area contributed by atoms with Crippen LogP contribution < -0.4 is 5.32 Å². The molecule has 1 heterocycles. The summed E-state index contributed by atoms with van der Waals surface area (Å²) in [5.41, 5.74) is 1.50. The molecule has 2 aromatic rings. The van der Waals surface area contributed by atoms with Gasteiger partial charge in [-0.2, -0.15) is 0 Å². The first-order valence-electron chi connectivity index (χ1n) is 9.32. The Bertz CT molecular complexity index is 1020. The van der Waals surface area contributed by atoms with Gasteiger partial charge in [-0.3, -0.25) is 14.5 Å². The van der Waals surface area contributed by atoms with E-state index in [1.165, 1.54) is 23.8 Å². The lowest BCUT2D eigenvalue weighted by molar-refractivity contribution is -0.129. The number of thioether (sulfide) groups is 1. The van der Waals surface area contributed by atoms with Crippen LogP contribution in [0.5, 0.6) is 0 Å². The number of nitrogens with one attached hydrogen (secondary N) is 1. The highest BCUT2D eigenvalue weighted by Gasteiger charge is 2.35. The quantitative estimate of drug-likeness (QED) is 0.517. The summed E-state index contributed by atoms with van der Waals surface area (Å²) in [6, 6.07) is 13.2. The molecule has 7 nitrogen and oxygen atoms in total. The summed E-state index contributed by atoms with van der Waals surface area (Å²) >= 11 is 7.13. The van der Waals surface area contributed by atoms with Gasteiger partial charge in [0.15, 0.2) is 5.17 Å². The van der Waals surface area contributed by atoms with Gasteiger partial charge < -0.3 is 10.1 Å². The van der Waals surface area contributed by atoms with Crippen molar-refractivity contribution in [3.8, 4) is 0 Å². The number of aliphatic imine (C=N–C) groups is 1. The molecule has 3 rings (SSSR count). The van der Waals surface area contributed by atoms with Gasteiger partial charge in [0.05, 0.1) is 18.4 Å². The van der Waals surface area contributed by atoms with Gasteiger partial charge in [0, 0.05) is 23.7 Å². The fraction of sp³-hybridized carbons (Fsp3) is 0.182. The van der Waals surface area contributed by atoms with E-state index in [0.717, 1.165) is 0 Å². The van der Waals surface area contributed by atoms with E-state index in [0.29, 0.717) is 33.7 Å². The molecule has 1 N–H and O–H groups in total. The molecule has 0 bridgehead atoms. The Morgan fingerprint density at radius 2 is 1.94 bits per heavy atom. The van der Waals surface area contributed by atoms with Crippen molar-refractivity contribution in [3.63, 3.8) is 0 Å². The predicted molar refractivity (Wildman–Crippen MR) is 123 cm³/mol. The van der Waals surface area contributed by atoms with Crippen LogP contribution in [0.2, 0.25) is 5.02 Å². The minimum atomic E-state index is -0.653. The maximum atomic E-state index is 12.8. The van der Waals surface area contributed by atoms with Crippen LogP contribution in [-0.4, -0.2) is 46.8 Å². The third kappa shape index (κ3) is 5.74. The summed E-state index contributed by atoms with van der Waals surface area (Å²) in [7, 11) is 1.30. The molecule has 0 saturated carbocycles. The lowest BCUT2D eigenvalue weighted by Gasteiger charge is -2.31. The molecule has 160 valence electrons. The number of halogens is 1. The number of ether oxygens (including phenoxy) is 1. The Balaban J connectivity index is 1.77. The van der Waals surface area contributed by atoms with Crippen molar-refractivity contribution in [1.82, 2.24) is 4.90 Å². The Kier molecular flexibility index (Phi) is 7.49. The second-order valence-corrected chi connectivity index (χ2v) is 8.14. The molecule has 2 amide bonds. The molecule has 1 atom stereocenters. The van der Waals surface area contributed by atoms with E-state index >= 15 is 0 Å². The number of benzene rings is 2. The molecular formula is C22H20ClN3O4S. The molecule has 1 aliphatic heterocycles. The molecule has 0 radical (unpaired) electrons. The summed E-state index contributed by atoms with van der Waals surface area (Å²) in [6.45, 7) is 3.98. The number of carbonyl (C=O) groups excluding carboxylic acids is 3. The van der Waals surface area contributed by atoms with Crippen LogP contribution in [0.4, 0.5) is 11.4 Å². The SMILES string of the molecule is C=CCN1C(=O)C[C@H](C(=O)Nc2ccc(C(=O)OC)cc2)SC1=Nc1ccc(Cl)cc1. The zero-order valence-corrected chi connectivity index (χ0v) is 18.3. The van der Waals surface area contributed by atoms with Crippen molar-refractivity contribution in [2.75, 3.05) is 19.0 Å². The van der Waals surface area contributed by atoms with E-state index in [9.17, 15) is 14.4 Å². The molecule has 0 spiro atoms. The van der Waals surface area contributed by atoms with Crippen molar-refractivity contribution in [3.05, 3.63) is 71.8 Å². The Morgan fingerprint density at radius 1 is 1.26 bits per heavy atom. The molecule has 9 heteroatoms. The molecule has 0 aliphatic carbocycles. The highest BCUT2D eigenvalue weighted by atomic mass is 35.5. The van der Waals surface area contributed by atoms with Crippen LogP contribution >= 0.6 is 23.4 Å². The normalized spacial score (nSPS) is 17.4. The average molecular weight is 458 g/mol. The number of esters is 1. The minimum absolute atomic E-state index is 0.0320. The first-order valence-corrected chi connectivity index (χ1v) is 10.6. The third-order valence-electron chi connectivity index (χ3n) is 4.37. The van der Waals surface area contributed by atoms with Crippen molar-refractivity contribution in [2.24, 2.45) is 4.99 Å². The van der Waals surface area contributed by atoms with Crippen molar-refractivity contribution in [2.45, 2.75) is 11.7 Å². The molecule has 0 unspecified atom stereocenters. The van der Waals surface area contributed by atoms with E-state index in [4.69, 9.17) is 11.6 Å². The molecule has 0 aromatic heterocycles. The van der Waals surface area contributed by atoms with Crippen molar-refractivity contribution >= 4 is 57.7 Å². The van der Waals surface area contributed by atoms with Gasteiger partial charge >= 0.3 is 5.97 Å². The van der Waals surface area contributed by atoms with E-state index in [-0.39, 0.29) is 18.2 Å². The smallest absolute Gasteiger partial charge is 0.337 e. The average Bonchev–Trinajstić information content (AvgIpc) is 2.77. The van der Waals surface area contributed by atoms with Crippen LogP contribution in [0.1, 0.15) is 16.8 Å². The summed E-state index contributed by atoms with van der Waals surface area (Å²) in [6.07, 6.45) is 1.64. The van der Waals surface area contributed by atoms with Crippen LogP contribution in [0, 0.1) is 0 Å². The van der Waals surface area contributed by atoms with Gasteiger partial charge in [0.2, 0.25) is 11.8 Å². The number of anilines is 1. The largest absolute Gasteiger partial charge is 0.465 e. The van der Waals surface area contributed by atoms with Crippen molar-refractivity contribution in [1.29, 1.82) is 0 Å². The molecule has 1 saturated heterocycles. The minimum Gasteiger partial charge on any atom is -0.465 e. The number of methoxy groups -OCH3 is 1. The lowest BCUT2D eigenvalue weighted by atomic mass is 10.2. The van der Waals surface area contributed by atoms with E-state index < -0.39 is 11.2 Å². The van der Waals surface area contributed by atoms with Crippen molar-refractivity contribution < 1.29 is 19.1 Å². The van der Waals surface area contributed by atoms with Crippen LogP contribution in [0.15, 0.2) is 66.2 Å². The standard InChI is InChI=1S/C22H20ClN3O4S/c1-3-12-26-19(27)13-18(31-22(26)25-17-10-6-15(23)7-11-17)20(28)24-16-8-4-14(5-9-16)21(29)30-2/h3-11,18H,1,12-13H2,2H3,(H,24,28)/t18-/m1/s1. The number of carbonyl (C=O) groups is 3. The first-order chi connectivity index (χ1) is 14.9. The fourth-order valence-corrected chi connectivity index (χ4v) is 4.04. The van der Waals surface area contributed by atoms with Gasteiger partial charge in [-0.05, 0) is 48.5 Å². The predicted octanol–water partition coefficient (Wildman–Crippen LogP) is 4.27. The molecular weight excluding hydrogens is 438 g/mol. The van der Waals surface area contributed by atoms with Gasteiger partial charge in [0.25, 0.3) is 0 Å². The van der Waals surface area contributed by atoms with Gasteiger partial charge in [-0.25, -0.2) is 9.79 Å².